The van der Waals surface area contributed by atoms with E-state index >= 15 is 0 Å². The zero-order valence-corrected chi connectivity index (χ0v) is 8.91. The monoisotopic (exact) mass is 196 g/mol. The van der Waals surface area contributed by atoms with E-state index in [2.05, 4.69) is 10.8 Å². The van der Waals surface area contributed by atoms with Crippen molar-refractivity contribution in [2.24, 2.45) is 0 Å². The van der Waals surface area contributed by atoms with Gasteiger partial charge in [0.15, 0.2) is 0 Å². The van der Waals surface area contributed by atoms with Gasteiger partial charge >= 0.3 is 5.97 Å². The van der Waals surface area contributed by atoms with Gasteiger partial charge in [0.25, 0.3) is 0 Å². The first-order valence-electron chi connectivity index (χ1n) is 4.59. The quantitative estimate of drug-likeness (QED) is 0.491. The number of hydrogen-bond donors (Lipinski definition) is 0. The van der Waals surface area contributed by atoms with E-state index in [1.54, 1.807) is 11.1 Å². The molecular formula is C10H16N2O2. The second-order valence-electron chi connectivity index (χ2n) is 2.76. The van der Waals surface area contributed by atoms with Gasteiger partial charge in [0.05, 0.1) is 13.2 Å². The van der Waals surface area contributed by atoms with Crippen molar-refractivity contribution in [2.45, 2.75) is 20.3 Å². The van der Waals surface area contributed by atoms with Crippen molar-refractivity contribution in [2.75, 3.05) is 20.2 Å². The SMILES string of the molecule is CCC(C#N)=CN(CC)CC(=O)OC. The Labute approximate surface area is 84.8 Å². The predicted octanol–water partition coefficient (Wildman–Crippen LogP) is 1.30. The van der Waals surface area contributed by atoms with Crippen LogP contribution < -0.4 is 0 Å². The number of nitrogens with zero attached hydrogens (tertiary/aromatic N) is 2. The number of ether oxygens (including phenoxy) is 1. The lowest BCUT2D eigenvalue weighted by atomic mass is 10.2. The molecule has 4 heteroatoms. The van der Waals surface area contributed by atoms with Crippen LogP contribution in [-0.2, 0) is 9.53 Å². The third-order valence-electron chi connectivity index (χ3n) is 1.83. The van der Waals surface area contributed by atoms with E-state index in [0.29, 0.717) is 18.5 Å². The topological polar surface area (TPSA) is 53.3 Å². The van der Waals surface area contributed by atoms with Crippen LogP contribution in [0.2, 0.25) is 0 Å². The molecule has 0 spiro atoms. The van der Waals surface area contributed by atoms with Crippen molar-refractivity contribution in [3.05, 3.63) is 11.8 Å². The van der Waals surface area contributed by atoms with E-state index < -0.39 is 0 Å². The molecule has 0 aliphatic heterocycles. The highest BCUT2D eigenvalue weighted by Gasteiger charge is 2.05. The Bertz CT molecular complexity index is 253. The largest absolute Gasteiger partial charge is 0.468 e. The molecule has 0 rings (SSSR count). The van der Waals surface area contributed by atoms with Crippen LogP contribution in [0, 0.1) is 11.3 Å². The molecule has 0 aliphatic carbocycles. The fourth-order valence-electron chi connectivity index (χ4n) is 0.899. The van der Waals surface area contributed by atoms with Gasteiger partial charge in [-0.05, 0) is 13.3 Å². The first-order valence-corrected chi connectivity index (χ1v) is 4.59. The zero-order chi connectivity index (χ0) is 11.0. The lowest BCUT2D eigenvalue weighted by Gasteiger charge is -2.16. The van der Waals surface area contributed by atoms with Gasteiger partial charge in [0.2, 0.25) is 0 Å². The molecule has 0 aromatic rings. The molecule has 0 unspecified atom stereocenters. The number of allylic oxidation sites excluding steroid dienone is 1. The molecule has 0 heterocycles. The number of carbonyl (C=O) groups is 1. The second kappa shape index (κ2) is 6.96. The van der Waals surface area contributed by atoms with E-state index in [1.165, 1.54) is 7.11 Å². The number of hydrogen-bond acceptors (Lipinski definition) is 4. The Morgan fingerprint density at radius 3 is 2.57 bits per heavy atom. The van der Waals surface area contributed by atoms with Crippen molar-refractivity contribution >= 4 is 5.97 Å². The molecule has 0 fully saturated rings. The van der Waals surface area contributed by atoms with Gasteiger partial charge in [-0.15, -0.1) is 0 Å². The number of esters is 1. The maximum atomic E-state index is 11.0. The second-order valence-corrected chi connectivity index (χ2v) is 2.76. The molecule has 14 heavy (non-hydrogen) atoms. The molecule has 0 aliphatic rings. The number of rotatable bonds is 5. The number of methoxy groups -OCH3 is 1. The summed E-state index contributed by atoms with van der Waals surface area (Å²) in [6.07, 6.45) is 2.38. The highest BCUT2D eigenvalue weighted by atomic mass is 16.5. The minimum Gasteiger partial charge on any atom is -0.468 e. The minimum atomic E-state index is -0.295. The van der Waals surface area contributed by atoms with Crippen LogP contribution in [0.15, 0.2) is 11.8 Å². The molecule has 0 amide bonds. The van der Waals surface area contributed by atoms with Crippen molar-refractivity contribution < 1.29 is 9.53 Å². The lowest BCUT2D eigenvalue weighted by molar-refractivity contribution is -0.141. The maximum Gasteiger partial charge on any atom is 0.325 e. The van der Waals surface area contributed by atoms with Crippen molar-refractivity contribution in [3.8, 4) is 6.07 Å². The maximum absolute atomic E-state index is 11.0. The van der Waals surface area contributed by atoms with Crippen molar-refractivity contribution in [3.63, 3.8) is 0 Å². The minimum absolute atomic E-state index is 0.193. The third kappa shape index (κ3) is 4.51. The van der Waals surface area contributed by atoms with Gasteiger partial charge in [-0.25, -0.2) is 0 Å². The summed E-state index contributed by atoms with van der Waals surface area (Å²) < 4.78 is 4.54. The smallest absolute Gasteiger partial charge is 0.325 e. The van der Waals surface area contributed by atoms with Crippen molar-refractivity contribution in [1.82, 2.24) is 4.90 Å². The van der Waals surface area contributed by atoms with Gasteiger partial charge < -0.3 is 9.64 Å². The van der Waals surface area contributed by atoms with E-state index in [1.807, 2.05) is 13.8 Å². The Morgan fingerprint density at radius 2 is 2.21 bits per heavy atom. The summed E-state index contributed by atoms with van der Waals surface area (Å²) in [6, 6.07) is 2.08. The number of likely N-dealkylation sites (N-methyl/N-ethyl adjacent to an activating group) is 1. The van der Waals surface area contributed by atoms with Gasteiger partial charge in [0, 0.05) is 18.3 Å². The number of carbonyl (C=O) groups excluding carboxylic acids is 1. The van der Waals surface area contributed by atoms with Gasteiger partial charge in [-0.1, -0.05) is 6.92 Å². The molecule has 78 valence electrons. The highest BCUT2D eigenvalue weighted by molar-refractivity contribution is 5.71. The third-order valence-corrected chi connectivity index (χ3v) is 1.83. The molecule has 0 saturated carbocycles. The zero-order valence-electron chi connectivity index (χ0n) is 8.91. The van der Waals surface area contributed by atoms with Crippen LogP contribution in [-0.4, -0.2) is 31.1 Å². The summed E-state index contributed by atoms with van der Waals surface area (Å²) in [6.45, 7) is 4.70. The standard InChI is InChI=1S/C10H16N2O2/c1-4-9(6-11)7-12(5-2)8-10(13)14-3/h7H,4-5,8H2,1-3H3. The van der Waals surface area contributed by atoms with Gasteiger partial charge in [-0.3, -0.25) is 4.79 Å². The van der Waals surface area contributed by atoms with Gasteiger partial charge in [0.1, 0.15) is 6.54 Å². The molecule has 0 bridgehead atoms. The molecule has 0 aromatic heterocycles. The van der Waals surface area contributed by atoms with Crippen LogP contribution in [0.4, 0.5) is 0 Å². The molecule has 0 aromatic carbocycles. The molecule has 0 radical (unpaired) electrons. The molecular weight excluding hydrogens is 180 g/mol. The summed E-state index contributed by atoms with van der Waals surface area (Å²) in [5, 5.41) is 8.70. The van der Waals surface area contributed by atoms with Crippen LogP contribution in [0.1, 0.15) is 20.3 Å². The van der Waals surface area contributed by atoms with Crippen molar-refractivity contribution in [1.29, 1.82) is 5.26 Å². The summed E-state index contributed by atoms with van der Waals surface area (Å²) in [4.78, 5) is 12.7. The lowest BCUT2D eigenvalue weighted by Crippen LogP contribution is -2.26. The van der Waals surface area contributed by atoms with Crippen LogP contribution >= 0.6 is 0 Å². The average Bonchev–Trinajstić information content (AvgIpc) is 2.23. The van der Waals surface area contributed by atoms with Crippen LogP contribution in [0.3, 0.4) is 0 Å². The molecule has 0 atom stereocenters. The summed E-state index contributed by atoms with van der Waals surface area (Å²) in [5.41, 5.74) is 0.663. The predicted molar refractivity (Wildman–Crippen MR) is 53.3 cm³/mol. The van der Waals surface area contributed by atoms with E-state index in [9.17, 15) is 4.79 Å². The fraction of sp³-hybridized carbons (Fsp3) is 0.600. The summed E-state index contributed by atoms with van der Waals surface area (Å²) >= 11 is 0. The Kier molecular flexibility index (Phi) is 6.21. The normalized spacial score (nSPS) is 10.6. The van der Waals surface area contributed by atoms with E-state index in [-0.39, 0.29) is 12.5 Å². The summed E-state index contributed by atoms with van der Waals surface area (Å²) in [7, 11) is 1.35. The van der Waals surface area contributed by atoms with E-state index in [0.717, 1.165) is 0 Å². The number of nitriles is 1. The average molecular weight is 196 g/mol. The first kappa shape index (κ1) is 12.5. The molecule has 0 N–H and O–H groups in total. The first-order chi connectivity index (χ1) is 6.67. The van der Waals surface area contributed by atoms with Gasteiger partial charge in [-0.2, -0.15) is 5.26 Å². The Balaban J connectivity index is 4.35. The molecule has 0 saturated heterocycles. The Hall–Kier alpha value is -1.50. The van der Waals surface area contributed by atoms with E-state index in [4.69, 9.17) is 5.26 Å². The van der Waals surface area contributed by atoms with Crippen LogP contribution in [0.5, 0.6) is 0 Å². The fourth-order valence-corrected chi connectivity index (χ4v) is 0.899. The molecule has 4 nitrogen and oxygen atoms in total. The van der Waals surface area contributed by atoms with Crippen LogP contribution in [0.25, 0.3) is 0 Å². The summed E-state index contributed by atoms with van der Waals surface area (Å²) in [5.74, 6) is -0.295. The Morgan fingerprint density at radius 1 is 1.57 bits per heavy atom. The highest BCUT2D eigenvalue weighted by Crippen LogP contribution is 2.01.